The number of carbonyl (C=O) groups excluding carboxylic acids is 1. The van der Waals surface area contributed by atoms with Gasteiger partial charge in [0.25, 0.3) is 0 Å². The van der Waals surface area contributed by atoms with Crippen molar-refractivity contribution in [2.24, 2.45) is 5.92 Å². The highest BCUT2D eigenvalue weighted by Gasteiger charge is 2.37. The molecule has 1 atom stereocenters. The third-order valence-electron chi connectivity index (χ3n) is 5.67. The Bertz CT molecular complexity index is 742. The van der Waals surface area contributed by atoms with Crippen molar-refractivity contribution in [3.63, 3.8) is 0 Å². The fraction of sp³-hybridized carbons (Fsp3) is 0.429. The number of rotatable bonds is 4. The van der Waals surface area contributed by atoms with E-state index >= 15 is 0 Å². The summed E-state index contributed by atoms with van der Waals surface area (Å²) in [5, 5.41) is 10.9. The lowest BCUT2D eigenvalue weighted by atomic mass is 9.85. The standard InChI is InChI=1S/C21H25N3O2/c25-20-13-17(16-24(20)19-6-2-1-3-7-19)15-23-11-8-21(26,9-12-23)18-5-4-10-22-14-18/h1-7,10,14,17,26H,8-9,11-13,15-16H2/t17-/m0/s1. The van der Waals surface area contributed by atoms with Gasteiger partial charge in [0.15, 0.2) is 0 Å². The number of likely N-dealkylation sites (tertiary alicyclic amines) is 1. The van der Waals surface area contributed by atoms with Crippen molar-refractivity contribution >= 4 is 11.6 Å². The molecule has 1 aromatic carbocycles. The van der Waals surface area contributed by atoms with E-state index in [0.29, 0.717) is 25.2 Å². The van der Waals surface area contributed by atoms with Crippen molar-refractivity contribution in [1.29, 1.82) is 0 Å². The molecule has 0 radical (unpaired) electrons. The van der Waals surface area contributed by atoms with Crippen LogP contribution in [0.1, 0.15) is 24.8 Å². The normalized spacial score (nSPS) is 23.3. The highest BCUT2D eigenvalue weighted by atomic mass is 16.3. The predicted octanol–water partition coefficient (Wildman–Crippen LogP) is 2.42. The average molecular weight is 351 g/mol. The van der Waals surface area contributed by atoms with Gasteiger partial charge in [-0.05, 0) is 37.0 Å². The van der Waals surface area contributed by atoms with Crippen molar-refractivity contribution in [2.75, 3.05) is 31.1 Å². The number of benzene rings is 1. The molecule has 0 saturated carbocycles. The summed E-state index contributed by atoms with van der Waals surface area (Å²) in [5.41, 5.74) is 1.13. The second kappa shape index (κ2) is 7.17. The molecule has 1 N–H and O–H groups in total. The van der Waals surface area contributed by atoms with Crippen LogP contribution in [-0.4, -0.2) is 47.1 Å². The number of hydrogen-bond donors (Lipinski definition) is 1. The van der Waals surface area contributed by atoms with Gasteiger partial charge in [-0.2, -0.15) is 0 Å². The van der Waals surface area contributed by atoms with E-state index in [1.165, 1.54) is 0 Å². The number of piperidine rings is 1. The van der Waals surface area contributed by atoms with Crippen LogP contribution in [-0.2, 0) is 10.4 Å². The number of carbonyl (C=O) groups is 1. The van der Waals surface area contributed by atoms with Crippen LogP contribution < -0.4 is 4.90 Å². The van der Waals surface area contributed by atoms with Crippen molar-refractivity contribution in [1.82, 2.24) is 9.88 Å². The number of hydrogen-bond acceptors (Lipinski definition) is 4. The Morgan fingerprint density at radius 2 is 1.88 bits per heavy atom. The maximum absolute atomic E-state index is 12.4. The smallest absolute Gasteiger partial charge is 0.227 e. The summed E-state index contributed by atoms with van der Waals surface area (Å²) in [5.74, 6) is 0.567. The van der Waals surface area contributed by atoms with Gasteiger partial charge in [0.1, 0.15) is 0 Å². The Morgan fingerprint density at radius 1 is 1.12 bits per heavy atom. The molecular weight excluding hydrogens is 326 g/mol. The number of aromatic nitrogens is 1. The van der Waals surface area contributed by atoms with Gasteiger partial charge in [-0.3, -0.25) is 9.78 Å². The first-order chi connectivity index (χ1) is 12.6. The molecule has 2 aliphatic rings. The number of aliphatic hydroxyl groups is 1. The molecule has 5 nitrogen and oxygen atoms in total. The van der Waals surface area contributed by atoms with Crippen LogP contribution in [0.2, 0.25) is 0 Å². The molecule has 0 bridgehead atoms. The zero-order chi connectivity index (χ0) is 18.0. The minimum absolute atomic E-state index is 0.213. The topological polar surface area (TPSA) is 56.7 Å². The molecule has 5 heteroatoms. The van der Waals surface area contributed by atoms with E-state index in [4.69, 9.17) is 0 Å². The van der Waals surface area contributed by atoms with Gasteiger partial charge >= 0.3 is 0 Å². The first-order valence-corrected chi connectivity index (χ1v) is 9.35. The summed E-state index contributed by atoms with van der Waals surface area (Å²) in [7, 11) is 0. The van der Waals surface area contributed by atoms with Gasteiger partial charge in [0.05, 0.1) is 5.60 Å². The number of para-hydroxylation sites is 1. The Morgan fingerprint density at radius 3 is 2.58 bits per heavy atom. The summed E-state index contributed by atoms with van der Waals surface area (Å²) >= 11 is 0. The van der Waals surface area contributed by atoms with Gasteiger partial charge in [-0.15, -0.1) is 0 Å². The van der Waals surface area contributed by atoms with Crippen LogP contribution in [0.25, 0.3) is 0 Å². The minimum atomic E-state index is -0.771. The van der Waals surface area contributed by atoms with E-state index < -0.39 is 5.60 Å². The molecule has 2 aliphatic heterocycles. The van der Waals surface area contributed by atoms with Gasteiger partial charge in [-0.1, -0.05) is 24.3 Å². The fourth-order valence-electron chi connectivity index (χ4n) is 4.16. The molecule has 26 heavy (non-hydrogen) atoms. The molecule has 0 spiro atoms. The second-order valence-corrected chi connectivity index (χ2v) is 7.48. The molecular formula is C21H25N3O2. The Hall–Kier alpha value is -2.24. The van der Waals surface area contributed by atoms with Gasteiger partial charge in [0.2, 0.25) is 5.91 Å². The van der Waals surface area contributed by atoms with Gasteiger partial charge in [0, 0.05) is 56.2 Å². The Balaban J connectivity index is 1.33. The van der Waals surface area contributed by atoms with Crippen LogP contribution in [0.3, 0.4) is 0 Å². The minimum Gasteiger partial charge on any atom is -0.385 e. The summed E-state index contributed by atoms with van der Waals surface area (Å²) < 4.78 is 0. The first kappa shape index (κ1) is 17.2. The molecule has 0 aliphatic carbocycles. The Labute approximate surface area is 154 Å². The zero-order valence-electron chi connectivity index (χ0n) is 14.9. The van der Waals surface area contributed by atoms with Crippen molar-refractivity contribution in [3.05, 3.63) is 60.4 Å². The molecule has 1 aromatic heterocycles. The van der Waals surface area contributed by atoms with Crippen LogP contribution in [0, 0.1) is 5.92 Å². The third-order valence-corrected chi connectivity index (χ3v) is 5.67. The maximum Gasteiger partial charge on any atom is 0.227 e. The van der Waals surface area contributed by atoms with Crippen molar-refractivity contribution in [3.8, 4) is 0 Å². The lowest BCUT2D eigenvalue weighted by Gasteiger charge is -2.39. The summed E-state index contributed by atoms with van der Waals surface area (Å²) in [4.78, 5) is 20.8. The monoisotopic (exact) mass is 351 g/mol. The summed E-state index contributed by atoms with van der Waals surface area (Å²) in [6, 6.07) is 13.7. The summed E-state index contributed by atoms with van der Waals surface area (Å²) in [6.45, 7) is 3.40. The highest BCUT2D eigenvalue weighted by Crippen LogP contribution is 2.33. The van der Waals surface area contributed by atoms with E-state index in [-0.39, 0.29) is 5.91 Å². The molecule has 136 valence electrons. The molecule has 2 fully saturated rings. The fourth-order valence-corrected chi connectivity index (χ4v) is 4.16. The van der Waals surface area contributed by atoms with E-state index in [1.807, 2.05) is 47.4 Å². The number of nitrogens with zero attached hydrogens (tertiary/aromatic N) is 3. The maximum atomic E-state index is 12.4. The lowest BCUT2D eigenvalue weighted by Crippen LogP contribution is -2.44. The van der Waals surface area contributed by atoms with E-state index in [1.54, 1.807) is 12.4 Å². The van der Waals surface area contributed by atoms with Gasteiger partial charge in [-0.25, -0.2) is 0 Å². The van der Waals surface area contributed by atoms with E-state index in [0.717, 1.165) is 37.4 Å². The third kappa shape index (κ3) is 3.50. The van der Waals surface area contributed by atoms with Crippen LogP contribution in [0.15, 0.2) is 54.9 Å². The molecule has 0 unspecified atom stereocenters. The zero-order valence-corrected chi connectivity index (χ0v) is 14.9. The molecule has 1 amide bonds. The molecule has 2 saturated heterocycles. The Kier molecular flexibility index (Phi) is 4.74. The molecule has 2 aromatic rings. The predicted molar refractivity (Wildman–Crippen MR) is 101 cm³/mol. The van der Waals surface area contributed by atoms with Crippen molar-refractivity contribution in [2.45, 2.75) is 24.9 Å². The molecule has 3 heterocycles. The van der Waals surface area contributed by atoms with Crippen LogP contribution >= 0.6 is 0 Å². The lowest BCUT2D eigenvalue weighted by molar-refractivity contribution is -0.117. The van der Waals surface area contributed by atoms with Crippen LogP contribution in [0.4, 0.5) is 5.69 Å². The van der Waals surface area contributed by atoms with Crippen molar-refractivity contribution < 1.29 is 9.90 Å². The van der Waals surface area contributed by atoms with E-state index in [9.17, 15) is 9.90 Å². The second-order valence-electron chi connectivity index (χ2n) is 7.48. The first-order valence-electron chi connectivity index (χ1n) is 9.35. The van der Waals surface area contributed by atoms with E-state index in [2.05, 4.69) is 9.88 Å². The SMILES string of the molecule is O=C1C[C@@H](CN2CCC(O)(c3cccnc3)CC2)CN1c1ccccc1. The summed E-state index contributed by atoms with van der Waals surface area (Å²) in [6.07, 6.45) is 5.53. The number of anilines is 1. The molecule has 4 rings (SSSR count). The van der Waals surface area contributed by atoms with Crippen LogP contribution in [0.5, 0.6) is 0 Å². The highest BCUT2D eigenvalue weighted by molar-refractivity contribution is 5.95. The average Bonchev–Trinajstić information content (AvgIpc) is 3.05. The number of amides is 1. The number of pyridine rings is 1. The quantitative estimate of drug-likeness (QED) is 0.919. The van der Waals surface area contributed by atoms with Gasteiger partial charge < -0.3 is 14.9 Å². The largest absolute Gasteiger partial charge is 0.385 e.